The Morgan fingerprint density at radius 1 is 1.15 bits per heavy atom. The van der Waals surface area contributed by atoms with Crippen molar-refractivity contribution in [3.8, 4) is 5.75 Å². The first-order valence-corrected chi connectivity index (χ1v) is 12.0. The number of benzene rings is 1. The van der Waals surface area contributed by atoms with Crippen LogP contribution in [0.15, 0.2) is 54.9 Å². The second-order valence-electron chi connectivity index (χ2n) is 9.02. The quantitative estimate of drug-likeness (QED) is 0.364. The molecule has 0 amide bonds. The van der Waals surface area contributed by atoms with Crippen LogP contribution in [0, 0.1) is 0 Å². The number of ether oxygens (including phenoxy) is 1. The molecule has 1 aliphatic rings. The minimum Gasteiger partial charge on any atom is -0.496 e. The highest BCUT2D eigenvalue weighted by Gasteiger charge is 2.25. The molecule has 0 spiro atoms. The van der Waals surface area contributed by atoms with Gasteiger partial charge in [-0.2, -0.15) is 0 Å². The SMILES string of the molecule is COc1ccncc1[C@H]1CC[C@H](NCCC(c2ccccc2)c2cc(N)nc3[nH]nnc23)CC1. The third-order valence-electron chi connectivity index (χ3n) is 6.99. The van der Waals surface area contributed by atoms with Crippen LogP contribution in [0.4, 0.5) is 5.82 Å². The number of fused-ring (bicyclic) bond motifs is 1. The molecule has 3 aromatic heterocycles. The van der Waals surface area contributed by atoms with Crippen molar-refractivity contribution in [1.29, 1.82) is 0 Å². The summed E-state index contributed by atoms with van der Waals surface area (Å²) in [6.45, 7) is 0.909. The molecule has 4 aromatic rings. The Balaban J connectivity index is 1.25. The molecule has 8 nitrogen and oxygen atoms in total. The van der Waals surface area contributed by atoms with Gasteiger partial charge in [0.15, 0.2) is 5.65 Å². The Morgan fingerprint density at radius 3 is 2.76 bits per heavy atom. The summed E-state index contributed by atoms with van der Waals surface area (Å²) in [5.74, 6) is 2.10. The molecule has 1 aromatic carbocycles. The normalized spacial score (nSPS) is 19.2. The van der Waals surface area contributed by atoms with Crippen molar-refractivity contribution in [1.82, 2.24) is 30.7 Å². The van der Waals surface area contributed by atoms with E-state index < -0.39 is 0 Å². The Bertz CT molecular complexity index is 1220. The molecule has 176 valence electrons. The number of nitrogens with two attached hydrogens (primary N) is 1. The van der Waals surface area contributed by atoms with Gasteiger partial charge in [-0.25, -0.2) is 10.1 Å². The highest BCUT2D eigenvalue weighted by atomic mass is 16.5. The van der Waals surface area contributed by atoms with Gasteiger partial charge in [0, 0.05) is 29.9 Å². The van der Waals surface area contributed by atoms with Crippen molar-refractivity contribution < 1.29 is 4.74 Å². The van der Waals surface area contributed by atoms with Crippen LogP contribution in [0.25, 0.3) is 11.2 Å². The molecule has 0 aliphatic heterocycles. The van der Waals surface area contributed by atoms with E-state index in [1.165, 1.54) is 11.1 Å². The molecule has 1 fully saturated rings. The van der Waals surface area contributed by atoms with Crippen LogP contribution in [-0.4, -0.2) is 45.1 Å². The lowest BCUT2D eigenvalue weighted by molar-refractivity contribution is 0.331. The van der Waals surface area contributed by atoms with Crippen molar-refractivity contribution in [2.45, 2.75) is 50.0 Å². The van der Waals surface area contributed by atoms with Crippen LogP contribution in [-0.2, 0) is 0 Å². The second kappa shape index (κ2) is 10.2. The molecule has 4 N–H and O–H groups in total. The van der Waals surface area contributed by atoms with Gasteiger partial charge in [0.2, 0.25) is 0 Å². The highest BCUT2D eigenvalue weighted by molar-refractivity contribution is 5.77. The van der Waals surface area contributed by atoms with E-state index in [1.54, 1.807) is 13.3 Å². The first-order chi connectivity index (χ1) is 16.7. The summed E-state index contributed by atoms with van der Waals surface area (Å²) in [5, 5.41) is 14.9. The van der Waals surface area contributed by atoms with Crippen LogP contribution < -0.4 is 15.8 Å². The maximum absolute atomic E-state index is 6.11. The number of nitrogens with zero attached hydrogens (tertiary/aromatic N) is 4. The summed E-state index contributed by atoms with van der Waals surface area (Å²) in [6.07, 6.45) is 9.27. The van der Waals surface area contributed by atoms with Crippen LogP contribution in [0.5, 0.6) is 5.75 Å². The fraction of sp³-hybridized carbons (Fsp3) is 0.385. The van der Waals surface area contributed by atoms with Crippen molar-refractivity contribution in [2.75, 3.05) is 19.4 Å². The lowest BCUT2D eigenvalue weighted by Crippen LogP contribution is -2.34. The standard InChI is InChI=1S/C26H31N7O/c1-34-23-12-13-28-16-22(23)18-7-9-19(10-8-18)29-14-11-20(17-5-3-2-4-6-17)21-15-24(27)30-26-25(21)31-33-32-26/h2-6,12-13,15-16,18-20,29H,7-11,14H2,1H3,(H3,27,30,31,32,33)/t18-,19-,20?. The number of nitrogens with one attached hydrogen (secondary N) is 2. The van der Waals surface area contributed by atoms with Gasteiger partial charge in [-0.3, -0.25) is 4.98 Å². The van der Waals surface area contributed by atoms with Gasteiger partial charge in [0.25, 0.3) is 0 Å². The van der Waals surface area contributed by atoms with E-state index in [-0.39, 0.29) is 5.92 Å². The van der Waals surface area contributed by atoms with Crippen LogP contribution in [0.1, 0.15) is 60.6 Å². The second-order valence-corrected chi connectivity index (χ2v) is 9.02. The Morgan fingerprint density at radius 2 is 1.97 bits per heavy atom. The summed E-state index contributed by atoms with van der Waals surface area (Å²) in [5.41, 5.74) is 11.1. The number of hydrogen-bond acceptors (Lipinski definition) is 7. The van der Waals surface area contributed by atoms with Crippen LogP contribution in [0.3, 0.4) is 0 Å². The molecule has 8 heteroatoms. The van der Waals surface area contributed by atoms with E-state index in [0.29, 0.717) is 23.4 Å². The minimum atomic E-state index is 0.155. The summed E-state index contributed by atoms with van der Waals surface area (Å²) in [4.78, 5) is 8.66. The molecule has 1 aliphatic carbocycles. The smallest absolute Gasteiger partial charge is 0.178 e. The zero-order chi connectivity index (χ0) is 23.3. The van der Waals surface area contributed by atoms with Crippen molar-refractivity contribution in [3.05, 3.63) is 71.5 Å². The number of anilines is 1. The van der Waals surface area contributed by atoms with Crippen LogP contribution >= 0.6 is 0 Å². The van der Waals surface area contributed by atoms with E-state index in [1.807, 2.05) is 24.4 Å². The van der Waals surface area contributed by atoms with Crippen LogP contribution in [0.2, 0.25) is 0 Å². The third-order valence-corrected chi connectivity index (χ3v) is 6.99. The number of H-pyrrole nitrogens is 1. The average Bonchev–Trinajstić information content (AvgIpc) is 3.36. The maximum atomic E-state index is 6.11. The van der Waals surface area contributed by atoms with Gasteiger partial charge < -0.3 is 15.8 Å². The topological polar surface area (TPSA) is 115 Å². The molecule has 3 heterocycles. The Labute approximate surface area is 199 Å². The number of pyridine rings is 2. The van der Waals surface area contributed by atoms with Crippen molar-refractivity contribution >= 4 is 17.0 Å². The minimum absolute atomic E-state index is 0.155. The first-order valence-electron chi connectivity index (χ1n) is 12.0. The zero-order valence-corrected chi connectivity index (χ0v) is 19.4. The molecule has 0 saturated heterocycles. The number of aromatic nitrogens is 5. The number of nitrogen functional groups attached to an aromatic ring is 1. The van der Waals surface area contributed by atoms with E-state index in [0.717, 1.165) is 55.5 Å². The molecule has 1 saturated carbocycles. The first kappa shape index (κ1) is 22.3. The maximum Gasteiger partial charge on any atom is 0.178 e. The van der Waals surface area contributed by atoms with Gasteiger partial charge >= 0.3 is 0 Å². The molecule has 0 radical (unpaired) electrons. The van der Waals surface area contributed by atoms with Crippen molar-refractivity contribution in [2.24, 2.45) is 0 Å². The summed E-state index contributed by atoms with van der Waals surface area (Å²) < 4.78 is 5.55. The number of aromatic amines is 1. The monoisotopic (exact) mass is 457 g/mol. The largest absolute Gasteiger partial charge is 0.496 e. The predicted octanol–water partition coefficient (Wildman–Crippen LogP) is 4.18. The number of methoxy groups -OCH3 is 1. The van der Waals surface area contributed by atoms with Gasteiger partial charge in [-0.15, -0.1) is 5.10 Å². The average molecular weight is 458 g/mol. The van der Waals surface area contributed by atoms with E-state index in [2.05, 4.69) is 55.0 Å². The molecular formula is C26H31N7O. The molecule has 5 rings (SSSR count). The molecular weight excluding hydrogens is 426 g/mol. The van der Waals surface area contributed by atoms with E-state index in [9.17, 15) is 0 Å². The van der Waals surface area contributed by atoms with Gasteiger partial charge in [-0.05, 0) is 67.8 Å². The lowest BCUT2D eigenvalue weighted by Gasteiger charge is -2.30. The molecule has 34 heavy (non-hydrogen) atoms. The summed E-state index contributed by atoms with van der Waals surface area (Å²) >= 11 is 0. The fourth-order valence-corrected chi connectivity index (χ4v) is 5.26. The molecule has 1 unspecified atom stereocenters. The molecule has 0 bridgehead atoms. The Kier molecular flexibility index (Phi) is 6.67. The fourth-order valence-electron chi connectivity index (χ4n) is 5.26. The van der Waals surface area contributed by atoms with Gasteiger partial charge in [-0.1, -0.05) is 35.5 Å². The summed E-state index contributed by atoms with van der Waals surface area (Å²) in [6, 6.07) is 14.9. The number of rotatable bonds is 8. The molecule has 1 atom stereocenters. The lowest BCUT2D eigenvalue weighted by atomic mass is 9.81. The van der Waals surface area contributed by atoms with Gasteiger partial charge in [0.1, 0.15) is 17.1 Å². The number of hydrogen-bond donors (Lipinski definition) is 3. The van der Waals surface area contributed by atoms with E-state index in [4.69, 9.17) is 10.5 Å². The highest BCUT2D eigenvalue weighted by Crippen LogP contribution is 2.37. The Hall–Kier alpha value is -3.52. The predicted molar refractivity (Wildman–Crippen MR) is 133 cm³/mol. The third kappa shape index (κ3) is 4.72. The zero-order valence-electron chi connectivity index (χ0n) is 19.4. The van der Waals surface area contributed by atoms with Gasteiger partial charge in [0.05, 0.1) is 7.11 Å². The summed E-state index contributed by atoms with van der Waals surface area (Å²) in [7, 11) is 1.73. The van der Waals surface area contributed by atoms with Crippen molar-refractivity contribution in [3.63, 3.8) is 0 Å². The van der Waals surface area contributed by atoms with E-state index >= 15 is 0 Å².